The van der Waals surface area contributed by atoms with Crippen molar-refractivity contribution in [2.45, 2.75) is 19.3 Å². The van der Waals surface area contributed by atoms with Gasteiger partial charge in [0.1, 0.15) is 17.1 Å². The van der Waals surface area contributed by atoms with Crippen LogP contribution < -0.4 is 20.8 Å². The number of phenolic OH excluding ortho intramolecular Hbond substituents is 1. The van der Waals surface area contributed by atoms with Crippen LogP contribution in [0.3, 0.4) is 0 Å². The summed E-state index contributed by atoms with van der Waals surface area (Å²) in [4.78, 5) is 25.9. The number of phenols is 1. The molecule has 1 heterocycles. The van der Waals surface area contributed by atoms with Crippen LogP contribution in [-0.4, -0.2) is 48.7 Å². The summed E-state index contributed by atoms with van der Waals surface area (Å²) in [6.45, 7) is 3.38. The Labute approximate surface area is 183 Å². The van der Waals surface area contributed by atoms with E-state index in [2.05, 4.69) is 20.9 Å². The molecule has 0 unspecified atom stereocenters. The zero-order valence-corrected chi connectivity index (χ0v) is 18.0. The fourth-order valence-corrected chi connectivity index (χ4v) is 4.10. The molecule has 0 spiro atoms. The van der Waals surface area contributed by atoms with Crippen molar-refractivity contribution in [2.24, 2.45) is 0 Å². The molecule has 0 aliphatic heterocycles. The predicted molar refractivity (Wildman–Crippen MR) is 121 cm³/mol. The van der Waals surface area contributed by atoms with E-state index in [0.29, 0.717) is 31.4 Å². The average molecular weight is 447 g/mol. The molecule has 166 valence electrons. The number of aromatic hydroxyl groups is 1. The van der Waals surface area contributed by atoms with Crippen molar-refractivity contribution in [3.05, 3.63) is 63.0 Å². The second-order valence-corrected chi connectivity index (χ2v) is 8.17. The lowest BCUT2D eigenvalue weighted by Crippen LogP contribution is -2.32. The molecule has 2 aromatic carbocycles. The molecule has 0 aliphatic rings. The molecule has 9 heteroatoms. The van der Waals surface area contributed by atoms with Crippen LogP contribution in [0.15, 0.2) is 41.2 Å². The van der Waals surface area contributed by atoms with Gasteiger partial charge >= 0.3 is 4.87 Å². The molecule has 3 aromatic rings. The van der Waals surface area contributed by atoms with E-state index in [1.54, 1.807) is 18.2 Å². The Morgan fingerprint density at radius 2 is 1.71 bits per heavy atom. The molecule has 0 saturated carbocycles. The van der Waals surface area contributed by atoms with E-state index >= 15 is 0 Å². The van der Waals surface area contributed by atoms with Gasteiger partial charge in [0.2, 0.25) is 5.91 Å². The Morgan fingerprint density at radius 1 is 0.968 bits per heavy atom. The number of benzene rings is 2. The van der Waals surface area contributed by atoms with E-state index in [1.165, 1.54) is 12.1 Å². The number of thiazole rings is 1. The molecule has 5 N–H and O–H groups in total. The van der Waals surface area contributed by atoms with Gasteiger partial charge in [0, 0.05) is 32.6 Å². The van der Waals surface area contributed by atoms with Crippen molar-refractivity contribution >= 4 is 27.5 Å². The van der Waals surface area contributed by atoms with E-state index in [1.807, 2.05) is 6.07 Å². The van der Waals surface area contributed by atoms with Crippen molar-refractivity contribution in [3.63, 3.8) is 0 Å². The molecule has 31 heavy (non-hydrogen) atoms. The predicted octanol–water partition coefficient (Wildman–Crippen LogP) is 1.91. The van der Waals surface area contributed by atoms with Crippen LogP contribution >= 0.6 is 11.3 Å². The maximum Gasteiger partial charge on any atom is 0.305 e. The van der Waals surface area contributed by atoms with Gasteiger partial charge in [-0.25, -0.2) is 4.39 Å². The number of hydrogen-bond donors (Lipinski definition) is 5. The zero-order valence-electron chi connectivity index (χ0n) is 17.2. The van der Waals surface area contributed by atoms with Gasteiger partial charge < -0.3 is 26.0 Å². The monoisotopic (exact) mass is 446 g/mol. The summed E-state index contributed by atoms with van der Waals surface area (Å²) in [5.41, 5.74) is 2.52. The summed E-state index contributed by atoms with van der Waals surface area (Å²) in [6.07, 6.45) is 1.83. The molecule has 0 saturated heterocycles. The van der Waals surface area contributed by atoms with Crippen LogP contribution in [0.4, 0.5) is 4.39 Å². The first-order valence-electron chi connectivity index (χ1n) is 10.3. The first kappa shape index (κ1) is 22.9. The average Bonchev–Trinajstić information content (AvgIpc) is 3.15. The lowest BCUT2D eigenvalue weighted by Gasteiger charge is -2.08. The second-order valence-electron chi connectivity index (χ2n) is 7.19. The highest BCUT2D eigenvalue weighted by Crippen LogP contribution is 2.27. The topological polar surface area (TPSA) is 106 Å². The number of carbonyl (C=O) groups is 1. The van der Waals surface area contributed by atoms with Gasteiger partial charge in [-0.15, -0.1) is 0 Å². The maximum absolute atomic E-state index is 12.9. The van der Waals surface area contributed by atoms with Crippen LogP contribution in [0.2, 0.25) is 0 Å². The maximum atomic E-state index is 12.9. The number of aromatic amines is 1. The van der Waals surface area contributed by atoms with E-state index in [0.717, 1.165) is 53.2 Å². The summed E-state index contributed by atoms with van der Waals surface area (Å²) in [5.74, 6) is -0.178. The van der Waals surface area contributed by atoms with E-state index in [9.17, 15) is 19.1 Å². The van der Waals surface area contributed by atoms with Crippen molar-refractivity contribution in [1.82, 2.24) is 20.9 Å². The first-order valence-corrected chi connectivity index (χ1v) is 11.1. The van der Waals surface area contributed by atoms with Crippen LogP contribution in [0.1, 0.15) is 17.5 Å². The molecule has 7 nitrogen and oxygen atoms in total. The van der Waals surface area contributed by atoms with Crippen molar-refractivity contribution in [2.75, 3.05) is 32.7 Å². The summed E-state index contributed by atoms with van der Waals surface area (Å²) in [6, 6.07) is 9.73. The number of halogens is 1. The molecule has 0 fully saturated rings. The molecular formula is C22H27FN4O3S. The number of hydrogen-bond acceptors (Lipinski definition) is 6. The van der Waals surface area contributed by atoms with E-state index in [4.69, 9.17) is 0 Å². The molecule has 3 rings (SSSR count). The second kappa shape index (κ2) is 11.6. The lowest BCUT2D eigenvalue weighted by atomic mass is 10.1. The molecule has 0 bridgehead atoms. The molecule has 1 aromatic heterocycles. The largest absolute Gasteiger partial charge is 0.506 e. The standard InChI is InChI=1S/C22H27FN4O3S/c23-17-4-1-15(2-5-17)7-12-26-19(29)9-11-25-14-13-24-10-8-16-3-6-18(28)20-21(16)31-22(30)27-20/h1-6,24-25,28H,7-14H2,(H,26,29)(H,27,30). The van der Waals surface area contributed by atoms with Crippen molar-refractivity contribution in [1.29, 1.82) is 0 Å². The fourth-order valence-electron chi connectivity index (χ4n) is 3.21. The fraction of sp³-hybridized carbons (Fsp3) is 0.364. The Balaban J connectivity index is 1.23. The quantitative estimate of drug-likeness (QED) is 0.273. The minimum absolute atomic E-state index is 0.00980. The van der Waals surface area contributed by atoms with Gasteiger partial charge in [-0.3, -0.25) is 9.59 Å². The zero-order chi connectivity index (χ0) is 22.1. The van der Waals surface area contributed by atoms with Gasteiger partial charge in [-0.1, -0.05) is 29.5 Å². The number of aromatic nitrogens is 1. The number of amides is 1. The number of rotatable bonds is 12. The number of H-pyrrole nitrogens is 1. The highest BCUT2D eigenvalue weighted by Gasteiger charge is 2.09. The van der Waals surface area contributed by atoms with Gasteiger partial charge in [0.05, 0.1) is 4.70 Å². The third kappa shape index (κ3) is 7.16. The van der Waals surface area contributed by atoms with Crippen molar-refractivity contribution < 1.29 is 14.3 Å². The molecular weight excluding hydrogens is 419 g/mol. The van der Waals surface area contributed by atoms with Crippen LogP contribution in [0.5, 0.6) is 5.75 Å². The Bertz CT molecular complexity index is 1050. The number of nitrogens with one attached hydrogen (secondary N) is 4. The normalized spacial score (nSPS) is 11.1. The highest BCUT2D eigenvalue weighted by atomic mass is 32.1. The Kier molecular flexibility index (Phi) is 8.57. The highest BCUT2D eigenvalue weighted by molar-refractivity contribution is 7.16. The number of carbonyl (C=O) groups excluding carboxylic acids is 1. The minimum Gasteiger partial charge on any atom is -0.506 e. The lowest BCUT2D eigenvalue weighted by molar-refractivity contribution is -0.120. The smallest absolute Gasteiger partial charge is 0.305 e. The summed E-state index contributed by atoms with van der Waals surface area (Å²) < 4.78 is 13.7. The summed E-state index contributed by atoms with van der Waals surface area (Å²) in [7, 11) is 0. The van der Waals surface area contributed by atoms with Crippen LogP contribution in [0.25, 0.3) is 10.2 Å². The summed E-state index contributed by atoms with van der Waals surface area (Å²) >= 11 is 1.11. The van der Waals surface area contributed by atoms with Crippen molar-refractivity contribution in [3.8, 4) is 5.75 Å². The Hall–Kier alpha value is -2.75. The molecule has 0 atom stereocenters. The molecule has 0 aliphatic carbocycles. The van der Waals surface area contributed by atoms with E-state index in [-0.39, 0.29) is 22.3 Å². The number of fused-ring (bicyclic) bond motifs is 1. The van der Waals surface area contributed by atoms with Gasteiger partial charge in [0.15, 0.2) is 0 Å². The summed E-state index contributed by atoms with van der Waals surface area (Å²) in [5, 5.41) is 19.2. The third-order valence-corrected chi connectivity index (χ3v) is 5.82. The van der Waals surface area contributed by atoms with Gasteiger partial charge in [-0.2, -0.15) is 0 Å². The first-order chi connectivity index (χ1) is 15.0. The van der Waals surface area contributed by atoms with Crippen LogP contribution in [0, 0.1) is 5.82 Å². The van der Waals surface area contributed by atoms with Gasteiger partial charge in [0.25, 0.3) is 0 Å². The van der Waals surface area contributed by atoms with Crippen LogP contribution in [-0.2, 0) is 17.6 Å². The minimum atomic E-state index is -0.259. The van der Waals surface area contributed by atoms with Gasteiger partial charge in [-0.05, 0) is 48.7 Å². The SMILES string of the molecule is O=C(CCNCCNCCc1ccc(O)c2[nH]c(=O)sc12)NCCc1ccc(F)cc1. The molecule has 0 radical (unpaired) electrons. The Morgan fingerprint density at radius 3 is 2.48 bits per heavy atom. The third-order valence-electron chi connectivity index (χ3n) is 4.87. The van der Waals surface area contributed by atoms with E-state index < -0.39 is 0 Å². The molecule has 1 amide bonds.